The standard InChI is InChI=1S/C19H23N3O4S/c1-4-18(23)21-15-9-6-13(3)17(12-15)22-19(24)14-7-10-16(11-8-14)27(25,26)20-5-2/h6-12,20H,4-5H2,1-3H3,(H,21,23)(H,22,24). The third-order valence-electron chi connectivity index (χ3n) is 3.85. The second-order valence-electron chi connectivity index (χ2n) is 5.91. The predicted molar refractivity (Wildman–Crippen MR) is 105 cm³/mol. The average molecular weight is 389 g/mol. The van der Waals surface area contributed by atoms with Gasteiger partial charge in [0.1, 0.15) is 0 Å². The maximum atomic E-state index is 12.5. The summed E-state index contributed by atoms with van der Waals surface area (Å²) in [6.07, 6.45) is 0.359. The van der Waals surface area contributed by atoms with Crippen molar-refractivity contribution in [2.24, 2.45) is 0 Å². The Morgan fingerprint density at radius 1 is 0.963 bits per heavy atom. The van der Waals surface area contributed by atoms with E-state index in [0.29, 0.717) is 23.4 Å². The van der Waals surface area contributed by atoms with E-state index in [9.17, 15) is 18.0 Å². The summed E-state index contributed by atoms with van der Waals surface area (Å²) >= 11 is 0. The molecule has 0 saturated carbocycles. The van der Waals surface area contributed by atoms with Crippen LogP contribution in [-0.2, 0) is 14.8 Å². The molecule has 0 radical (unpaired) electrons. The molecular formula is C19H23N3O4S. The number of carbonyl (C=O) groups excluding carboxylic acids is 2. The number of hydrogen-bond donors (Lipinski definition) is 3. The van der Waals surface area contributed by atoms with Gasteiger partial charge in [-0.25, -0.2) is 13.1 Å². The van der Waals surface area contributed by atoms with Gasteiger partial charge in [0.25, 0.3) is 5.91 Å². The lowest BCUT2D eigenvalue weighted by Gasteiger charge is -2.12. The number of rotatable bonds is 7. The lowest BCUT2D eigenvalue weighted by atomic mass is 10.1. The first kappa shape index (κ1) is 20.6. The minimum absolute atomic E-state index is 0.0985. The lowest BCUT2D eigenvalue weighted by Crippen LogP contribution is -2.23. The van der Waals surface area contributed by atoms with Gasteiger partial charge in [-0.05, 0) is 48.9 Å². The molecular weight excluding hydrogens is 366 g/mol. The summed E-state index contributed by atoms with van der Waals surface area (Å²) < 4.78 is 26.3. The fourth-order valence-electron chi connectivity index (χ4n) is 2.34. The van der Waals surface area contributed by atoms with Crippen molar-refractivity contribution in [3.05, 3.63) is 53.6 Å². The molecule has 0 saturated heterocycles. The predicted octanol–water partition coefficient (Wildman–Crippen LogP) is 2.89. The first-order valence-electron chi connectivity index (χ1n) is 8.58. The summed E-state index contributed by atoms with van der Waals surface area (Å²) in [4.78, 5) is 24.1. The highest BCUT2D eigenvalue weighted by molar-refractivity contribution is 7.89. The maximum absolute atomic E-state index is 12.5. The molecule has 2 rings (SSSR count). The number of aryl methyl sites for hydroxylation is 1. The topological polar surface area (TPSA) is 104 Å². The molecule has 0 unspecified atom stereocenters. The average Bonchev–Trinajstić information content (AvgIpc) is 2.64. The summed E-state index contributed by atoms with van der Waals surface area (Å²) in [5, 5.41) is 5.53. The van der Waals surface area contributed by atoms with Gasteiger partial charge in [-0.2, -0.15) is 0 Å². The number of hydrogen-bond acceptors (Lipinski definition) is 4. The zero-order valence-corrected chi connectivity index (χ0v) is 16.3. The van der Waals surface area contributed by atoms with Gasteiger partial charge in [0.05, 0.1) is 4.90 Å². The molecule has 0 bridgehead atoms. The lowest BCUT2D eigenvalue weighted by molar-refractivity contribution is -0.115. The third-order valence-corrected chi connectivity index (χ3v) is 5.41. The first-order valence-corrected chi connectivity index (χ1v) is 10.1. The smallest absolute Gasteiger partial charge is 0.255 e. The van der Waals surface area contributed by atoms with Crippen molar-refractivity contribution in [3.63, 3.8) is 0 Å². The van der Waals surface area contributed by atoms with E-state index in [1.54, 1.807) is 32.0 Å². The molecule has 7 nitrogen and oxygen atoms in total. The molecule has 0 aliphatic carbocycles. The molecule has 0 fully saturated rings. The highest BCUT2D eigenvalue weighted by Crippen LogP contribution is 2.21. The summed E-state index contributed by atoms with van der Waals surface area (Å²) in [7, 11) is -3.56. The molecule has 0 heterocycles. The molecule has 27 heavy (non-hydrogen) atoms. The second-order valence-corrected chi connectivity index (χ2v) is 7.68. The minimum atomic E-state index is -3.56. The van der Waals surface area contributed by atoms with Crippen molar-refractivity contribution in [3.8, 4) is 0 Å². The normalized spacial score (nSPS) is 11.1. The second kappa shape index (κ2) is 8.79. The van der Waals surface area contributed by atoms with Crippen LogP contribution in [0.4, 0.5) is 11.4 Å². The quantitative estimate of drug-likeness (QED) is 0.677. The highest BCUT2D eigenvalue weighted by Gasteiger charge is 2.14. The van der Waals surface area contributed by atoms with E-state index in [2.05, 4.69) is 15.4 Å². The molecule has 0 aliphatic rings. The van der Waals surface area contributed by atoms with Crippen LogP contribution in [-0.4, -0.2) is 26.8 Å². The van der Waals surface area contributed by atoms with E-state index in [4.69, 9.17) is 0 Å². The van der Waals surface area contributed by atoms with Gasteiger partial charge >= 0.3 is 0 Å². The first-order chi connectivity index (χ1) is 12.8. The van der Waals surface area contributed by atoms with Crippen molar-refractivity contribution in [2.75, 3.05) is 17.2 Å². The van der Waals surface area contributed by atoms with Crippen molar-refractivity contribution >= 4 is 33.2 Å². The van der Waals surface area contributed by atoms with Crippen LogP contribution in [0.25, 0.3) is 0 Å². The van der Waals surface area contributed by atoms with Crippen LogP contribution in [0.5, 0.6) is 0 Å². The molecule has 0 spiro atoms. The monoisotopic (exact) mass is 389 g/mol. The number of amides is 2. The molecule has 3 N–H and O–H groups in total. The van der Waals surface area contributed by atoms with Crippen molar-refractivity contribution in [2.45, 2.75) is 32.1 Å². The third kappa shape index (κ3) is 5.38. The fourth-order valence-corrected chi connectivity index (χ4v) is 3.38. The van der Waals surface area contributed by atoms with Crippen LogP contribution in [0.15, 0.2) is 47.4 Å². The van der Waals surface area contributed by atoms with Crippen molar-refractivity contribution in [1.82, 2.24) is 4.72 Å². The van der Waals surface area contributed by atoms with E-state index in [-0.39, 0.29) is 23.3 Å². The summed E-state index contributed by atoms with van der Waals surface area (Å²) in [6.45, 7) is 5.58. The number of sulfonamides is 1. The molecule has 2 aromatic rings. The van der Waals surface area contributed by atoms with Crippen LogP contribution in [0.2, 0.25) is 0 Å². The van der Waals surface area contributed by atoms with E-state index >= 15 is 0 Å². The zero-order valence-electron chi connectivity index (χ0n) is 15.5. The van der Waals surface area contributed by atoms with Crippen LogP contribution in [0.1, 0.15) is 36.2 Å². The Kier molecular flexibility index (Phi) is 6.70. The zero-order chi connectivity index (χ0) is 20.0. The number of benzene rings is 2. The number of anilines is 2. The molecule has 2 amide bonds. The van der Waals surface area contributed by atoms with E-state index in [0.717, 1.165) is 5.56 Å². The largest absolute Gasteiger partial charge is 0.326 e. The van der Waals surface area contributed by atoms with E-state index in [1.165, 1.54) is 24.3 Å². The van der Waals surface area contributed by atoms with E-state index < -0.39 is 10.0 Å². The summed E-state index contributed by atoms with van der Waals surface area (Å²) in [5.41, 5.74) is 2.32. The Hall–Kier alpha value is -2.71. The SMILES string of the molecule is CCNS(=O)(=O)c1ccc(C(=O)Nc2cc(NC(=O)CC)ccc2C)cc1. The molecule has 8 heteroatoms. The van der Waals surface area contributed by atoms with Gasteiger partial charge in [0, 0.05) is 29.9 Å². The molecule has 2 aromatic carbocycles. The van der Waals surface area contributed by atoms with E-state index in [1.807, 2.05) is 6.92 Å². The molecule has 0 aromatic heterocycles. The van der Waals surface area contributed by atoms with Crippen LogP contribution in [0.3, 0.4) is 0 Å². The Labute approximate surface area is 159 Å². The van der Waals surface area contributed by atoms with Gasteiger partial charge in [0.2, 0.25) is 15.9 Å². The number of carbonyl (C=O) groups is 2. The van der Waals surface area contributed by atoms with Crippen molar-refractivity contribution < 1.29 is 18.0 Å². The van der Waals surface area contributed by atoms with Crippen LogP contribution in [0, 0.1) is 6.92 Å². The molecule has 144 valence electrons. The molecule has 0 aliphatic heterocycles. The molecule has 0 atom stereocenters. The van der Waals surface area contributed by atoms with Gasteiger partial charge in [-0.15, -0.1) is 0 Å². The summed E-state index contributed by atoms with van der Waals surface area (Å²) in [6, 6.07) is 10.9. The van der Waals surface area contributed by atoms with Crippen LogP contribution < -0.4 is 15.4 Å². The maximum Gasteiger partial charge on any atom is 0.255 e. The van der Waals surface area contributed by atoms with Crippen molar-refractivity contribution in [1.29, 1.82) is 0 Å². The Bertz CT molecular complexity index is 938. The Morgan fingerprint density at radius 2 is 1.63 bits per heavy atom. The Balaban J connectivity index is 2.17. The fraction of sp³-hybridized carbons (Fsp3) is 0.263. The Morgan fingerprint density at radius 3 is 2.22 bits per heavy atom. The van der Waals surface area contributed by atoms with Gasteiger partial charge in [-0.1, -0.05) is 19.9 Å². The highest BCUT2D eigenvalue weighted by atomic mass is 32.2. The van der Waals surface area contributed by atoms with Gasteiger partial charge < -0.3 is 10.6 Å². The minimum Gasteiger partial charge on any atom is -0.326 e. The van der Waals surface area contributed by atoms with Gasteiger partial charge in [0.15, 0.2) is 0 Å². The van der Waals surface area contributed by atoms with Gasteiger partial charge in [-0.3, -0.25) is 9.59 Å². The van der Waals surface area contributed by atoms with Crippen LogP contribution >= 0.6 is 0 Å². The number of nitrogens with one attached hydrogen (secondary N) is 3. The summed E-state index contributed by atoms with van der Waals surface area (Å²) in [5.74, 6) is -0.488.